The molecule has 0 radical (unpaired) electrons. The molecule has 1 aliphatic rings. The van der Waals surface area contributed by atoms with E-state index in [0.29, 0.717) is 5.41 Å². The van der Waals surface area contributed by atoms with Crippen LogP contribution in [-0.4, -0.2) is 0 Å². The number of hydrogen-bond donors (Lipinski definition) is 0. The molecule has 17 heavy (non-hydrogen) atoms. The van der Waals surface area contributed by atoms with E-state index >= 15 is 0 Å². The average Bonchev–Trinajstić information content (AvgIpc) is 2.23. The van der Waals surface area contributed by atoms with Gasteiger partial charge in [-0.15, -0.1) is 0 Å². The van der Waals surface area contributed by atoms with Gasteiger partial charge in [-0.25, -0.2) is 0 Å². The van der Waals surface area contributed by atoms with Crippen LogP contribution in [0, 0.1) is 35.0 Å². The van der Waals surface area contributed by atoms with Crippen LogP contribution in [0.4, 0.5) is 0 Å². The van der Waals surface area contributed by atoms with E-state index in [-0.39, 0.29) is 0 Å². The molecule has 0 aliphatic heterocycles. The zero-order valence-corrected chi connectivity index (χ0v) is 13.2. The summed E-state index contributed by atoms with van der Waals surface area (Å²) in [5.74, 6) is 4.67. The molecule has 0 nitrogen and oxygen atoms in total. The van der Waals surface area contributed by atoms with Gasteiger partial charge < -0.3 is 0 Å². The summed E-state index contributed by atoms with van der Waals surface area (Å²) < 4.78 is 0. The summed E-state index contributed by atoms with van der Waals surface area (Å²) in [4.78, 5) is 0. The highest BCUT2D eigenvalue weighted by molar-refractivity contribution is 4.84. The van der Waals surface area contributed by atoms with Crippen LogP contribution in [0.3, 0.4) is 0 Å². The molecule has 0 heteroatoms. The second kappa shape index (κ2) is 5.76. The molecule has 3 unspecified atom stereocenters. The van der Waals surface area contributed by atoms with Gasteiger partial charge in [0.2, 0.25) is 0 Å². The largest absolute Gasteiger partial charge is 0.0623 e. The van der Waals surface area contributed by atoms with E-state index in [2.05, 4.69) is 48.5 Å². The summed E-state index contributed by atoms with van der Waals surface area (Å²) in [5.41, 5.74) is 0.497. The second-order valence-electron chi connectivity index (χ2n) is 7.66. The van der Waals surface area contributed by atoms with Gasteiger partial charge in [-0.2, -0.15) is 0 Å². The Morgan fingerprint density at radius 2 is 1.59 bits per heavy atom. The molecule has 102 valence electrons. The summed E-state index contributed by atoms with van der Waals surface area (Å²) in [6, 6.07) is 0. The monoisotopic (exact) mass is 238 g/mol. The fourth-order valence-electron chi connectivity index (χ4n) is 3.47. The molecule has 0 aromatic carbocycles. The second-order valence-corrected chi connectivity index (χ2v) is 7.66. The highest BCUT2D eigenvalue weighted by atomic mass is 14.4. The molecule has 0 spiro atoms. The van der Waals surface area contributed by atoms with Crippen LogP contribution >= 0.6 is 0 Å². The smallest absolute Gasteiger partial charge is 0.0305 e. The fraction of sp³-hybridized carbons (Fsp3) is 1.00. The zero-order valence-electron chi connectivity index (χ0n) is 13.2. The maximum atomic E-state index is 2.45. The molecule has 0 heterocycles. The maximum Gasteiger partial charge on any atom is -0.0305 e. The first kappa shape index (κ1) is 15.1. The first-order chi connectivity index (χ1) is 7.76. The first-order valence-corrected chi connectivity index (χ1v) is 7.76. The highest BCUT2D eigenvalue weighted by Gasteiger charge is 2.34. The summed E-state index contributed by atoms with van der Waals surface area (Å²) in [7, 11) is 0. The van der Waals surface area contributed by atoms with Crippen molar-refractivity contribution in [1.29, 1.82) is 0 Å². The van der Waals surface area contributed by atoms with Crippen LogP contribution in [0.15, 0.2) is 0 Å². The highest BCUT2D eigenvalue weighted by Crippen LogP contribution is 2.44. The molecule has 3 atom stereocenters. The molecule has 1 fully saturated rings. The van der Waals surface area contributed by atoms with Gasteiger partial charge >= 0.3 is 0 Å². The molecule has 0 aromatic rings. The summed E-state index contributed by atoms with van der Waals surface area (Å²) in [6.45, 7) is 16.9. The fourth-order valence-corrected chi connectivity index (χ4v) is 3.47. The van der Waals surface area contributed by atoms with E-state index in [9.17, 15) is 0 Å². The Morgan fingerprint density at radius 3 is 2.00 bits per heavy atom. The normalized spacial score (nSPS) is 31.4. The molecule has 0 N–H and O–H groups in total. The molecule has 0 amide bonds. The Labute approximate surface area is 110 Å². The van der Waals surface area contributed by atoms with Gasteiger partial charge in [-0.3, -0.25) is 0 Å². The Bertz CT molecular complexity index is 218. The van der Waals surface area contributed by atoms with Crippen LogP contribution in [0.2, 0.25) is 0 Å². The molecule has 0 bridgehead atoms. The lowest BCUT2D eigenvalue weighted by atomic mass is 9.64. The van der Waals surface area contributed by atoms with Crippen molar-refractivity contribution in [2.24, 2.45) is 35.0 Å². The molecule has 1 aliphatic carbocycles. The van der Waals surface area contributed by atoms with E-state index in [1.54, 1.807) is 0 Å². The predicted octanol–water partition coefficient (Wildman–Crippen LogP) is 5.77. The van der Waals surface area contributed by atoms with Crippen LogP contribution in [0.25, 0.3) is 0 Å². The van der Waals surface area contributed by atoms with Gasteiger partial charge in [-0.05, 0) is 47.8 Å². The van der Waals surface area contributed by atoms with Gasteiger partial charge in [0.15, 0.2) is 0 Å². The van der Waals surface area contributed by atoms with Crippen LogP contribution in [0.1, 0.15) is 74.1 Å². The lowest BCUT2D eigenvalue weighted by molar-refractivity contribution is 0.0811. The van der Waals surface area contributed by atoms with Crippen LogP contribution in [-0.2, 0) is 0 Å². The summed E-state index contributed by atoms with van der Waals surface area (Å²) in [5, 5.41) is 0. The lowest BCUT2D eigenvalue weighted by Crippen LogP contribution is -2.33. The Balaban J connectivity index is 2.27. The standard InChI is InChI=1S/C17H34/c1-12(2)17(6,7)15(5)9-8-10-16-13(3)11-14(16)4/h12-16H,8-11H2,1-7H3. The Hall–Kier alpha value is 0. The minimum Gasteiger partial charge on any atom is -0.0623 e. The van der Waals surface area contributed by atoms with Crippen molar-refractivity contribution in [3.8, 4) is 0 Å². The Kier molecular flexibility index (Phi) is 5.10. The van der Waals surface area contributed by atoms with Crippen molar-refractivity contribution in [1.82, 2.24) is 0 Å². The van der Waals surface area contributed by atoms with E-state index in [4.69, 9.17) is 0 Å². The van der Waals surface area contributed by atoms with Crippen molar-refractivity contribution in [3.63, 3.8) is 0 Å². The number of hydrogen-bond acceptors (Lipinski definition) is 0. The molecule has 0 saturated heterocycles. The van der Waals surface area contributed by atoms with Gasteiger partial charge in [0.25, 0.3) is 0 Å². The third kappa shape index (κ3) is 3.48. The van der Waals surface area contributed by atoms with E-state index in [1.165, 1.54) is 25.7 Å². The predicted molar refractivity (Wildman–Crippen MR) is 78.1 cm³/mol. The zero-order chi connectivity index (χ0) is 13.2. The van der Waals surface area contributed by atoms with Crippen molar-refractivity contribution >= 4 is 0 Å². The van der Waals surface area contributed by atoms with Crippen molar-refractivity contribution in [3.05, 3.63) is 0 Å². The third-order valence-corrected chi connectivity index (χ3v) is 6.14. The van der Waals surface area contributed by atoms with E-state index in [1.807, 2.05) is 0 Å². The summed E-state index contributed by atoms with van der Waals surface area (Å²) >= 11 is 0. The van der Waals surface area contributed by atoms with Crippen LogP contribution < -0.4 is 0 Å². The molecule has 1 saturated carbocycles. The Morgan fingerprint density at radius 1 is 1.06 bits per heavy atom. The molecule has 1 rings (SSSR count). The molecular weight excluding hydrogens is 204 g/mol. The SMILES string of the molecule is CC1CC(C)C1CCCC(C)C(C)(C)C(C)C. The minimum absolute atomic E-state index is 0.497. The maximum absolute atomic E-state index is 2.45. The van der Waals surface area contributed by atoms with E-state index < -0.39 is 0 Å². The number of rotatable bonds is 6. The van der Waals surface area contributed by atoms with E-state index in [0.717, 1.165) is 29.6 Å². The van der Waals surface area contributed by atoms with Crippen molar-refractivity contribution < 1.29 is 0 Å². The minimum atomic E-state index is 0.497. The summed E-state index contributed by atoms with van der Waals surface area (Å²) in [6.07, 6.45) is 5.80. The van der Waals surface area contributed by atoms with Crippen molar-refractivity contribution in [2.45, 2.75) is 74.1 Å². The quantitative estimate of drug-likeness (QED) is 0.551. The molecule has 0 aromatic heterocycles. The molecular formula is C17H34. The van der Waals surface area contributed by atoms with Crippen LogP contribution in [0.5, 0.6) is 0 Å². The lowest BCUT2D eigenvalue weighted by Gasteiger charge is -2.42. The van der Waals surface area contributed by atoms with Gasteiger partial charge in [0.05, 0.1) is 0 Å². The topological polar surface area (TPSA) is 0 Å². The first-order valence-electron chi connectivity index (χ1n) is 7.76. The van der Waals surface area contributed by atoms with Gasteiger partial charge in [-0.1, -0.05) is 61.3 Å². The van der Waals surface area contributed by atoms with Gasteiger partial charge in [0, 0.05) is 0 Å². The third-order valence-electron chi connectivity index (χ3n) is 6.14. The van der Waals surface area contributed by atoms with Crippen molar-refractivity contribution in [2.75, 3.05) is 0 Å². The average molecular weight is 238 g/mol. The van der Waals surface area contributed by atoms with Gasteiger partial charge in [0.1, 0.15) is 0 Å².